The van der Waals surface area contributed by atoms with E-state index in [0.29, 0.717) is 24.9 Å². The van der Waals surface area contributed by atoms with Crippen molar-refractivity contribution < 1.29 is 9.21 Å². The van der Waals surface area contributed by atoms with E-state index in [-0.39, 0.29) is 35.8 Å². The SMILES string of the molecule is CCC(C)C(=O)Nc1cccc(CNC(=NC)NCc2coc(-c3ccc(C)cc3)n2)c1.I. The summed E-state index contributed by atoms with van der Waals surface area (Å²) in [7, 11) is 1.72. The Morgan fingerprint density at radius 3 is 2.55 bits per heavy atom. The Balaban J connectivity index is 0.00000385. The Morgan fingerprint density at radius 1 is 1.12 bits per heavy atom. The average molecular weight is 561 g/mol. The highest BCUT2D eigenvalue weighted by Crippen LogP contribution is 2.19. The van der Waals surface area contributed by atoms with Gasteiger partial charge in [0.1, 0.15) is 6.26 Å². The second-order valence-electron chi connectivity index (χ2n) is 7.79. The van der Waals surface area contributed by atoms with Gasteiger partial charge in [0.15, 0.2) is 5.96 Å². The zero-order valence-corrected chi connectivity index (χ0v) is 21.8. The number of carbonyl (C=O) groups excluding carboxylic acids is 1. The summed E-state index contributed by atoms with van der Waals surface area (Å²) in [5.74, 6) is 1.27. The molecule has 0 saturated carbocycles. The van der Waals surface area contributed by atoms with Gasteiger partial charge in [-0.05, 0) is 43.2 Å². The summed E-state index contributed by atoms with van der Waals surface area (Å²) in [6.45, 7) is 7.04. The second-order valence-corrected chi connectivity index (χ2v) is 7.79. The van der Waals surface area contributed by atoms with Gasteiger partial charge in [0.2, 0.25) is 11.8 Å². The molecular formula is C25H32IN5O2. The number of hydrogen-bond donors (Lipinski definition) is 3. The van der Waals surface area contributed by atoms with Crippen LogP contribution in [0.5, 0.6) is 0 Å². The number of aliphatic imine (C=N–C) groups is 1. The molecule has 0 radical (unpaired) electrons. The molecule has 1 unspecified atom stereocenters. The highest BCUT2D eigenvalue weighted by Gasteiger charge is 2.11. The van der Waals surface area contributed by atoms with Crippen LogP contribution in [-0.4, -0.2) is 23.9 Å². The molecule has 0 spiro atoms. The molecule has 3 N–H and O–H groups in total. The van der Waals surface area contributed by atoms with Crippen molar-refractivity contribution in [3.8, 4) is 11.5 Å². The van der Waals surface area contributed by atoms with Gasteiger partial charge in [0.25, 0.3) is 0 Å². The van der Waals surface area contributed by atoms with E-state index in [4.69, 9.17) is 4.42 Å². The van der Waals surface area contributed by atoms with Crippen molar-refractivity contribution in [3.63, 3.8) is 0 Å². The molecule has 0 saturated heterocycles. The van der Waals surface area contributed by atoms with E-state index >= 15 is 0 Å². The quantitative estimate of drug-likeness (QED) is 0.202. The largest absolute Gasteiger partial charge is 0.444 e. The van der Waals surface area contributed by atoms with Gasteiger partial charge in [0, 0.05) is 30.8 Å². The van der Waals surface area contributed by atoms with Gasteiger partial charge in [-0.3, -0.25) is 9.79 Å². The van der Waals surface area contributed by atoms with Crippen LogP contribution in [0.25, 0.3) is 11.5 Å². The molecule has 3 rings (SSSR count). The number of hydrogen-bond acceptors (Lipinski definition) is 4. The van der Waals surface area contributed by atoms with Gasteiger partial charge in [0.05, 0.1) is 12.2 Å². The highest BCUT2D eigenvalue weighted by atomic mass is 127. The number of nitrogens with zero attached hydrogens (tertiary/aromatic N) is 2. The van der Waals surface area contributed by atoms with E-state index in [2.05, 4.69) is 25.9 Å². The maximum Gasteiger partial charge on any atom is 0.227 e. The number of halogens is 1. The highest BCUT2D eigenvalue weighted by molar-refractivity contribution is 14.0. The normalized spacial score (nSPS) is 11.9. The Hall–Kier alpha value is -2.88. The van der Waals surface area contributed by atoms with Crippen LogP contribution in [0.2, 0.25) is 0 Å². The standard InChI is InChI=1S/C25H31N5O2.HI/c1-5-18(3)23(31)29-21-8-6-7-19(13-21)14-27-25(26-4)28-15-22-16-32-24(30-22)20-11-9-17(2)10-12-20;/h6-13,16,18H,5,14-15H2,1-4H3,(H,29,31)(H2,26,27,28);1H. The smallest absolute Gasteiger partial charge is 0.227 e. The molecule has 2 aromatic carbocycles. The number of rotatable bonds is 8. The summed E-state index contributed by atoms with van der Waals surface area (Å²) in [5, 5.41) is 9.50. The minimum atomic E-state index is -0.0112. The summed E-state index contributed by atoms with van der Waals surface area (Å²) in [4.78, 5) is 20.9. The minimum absolute atomic E-state index is 0. The first-order valence-electron chi connectivity index (χ1n) is 10.8. The van der Waals surface area contributed by atoms with Crippen LogP contribution in [0.1, 0.15) is 37.1 Å². The Bertz CT molecular complexity index is 1060. The monoisotopic (exact) mass is 561 g/mol. The first-order chi connectivity index (χ1) is 15.5. The molecule has 0 aliphatic rings. The fourth-order valence-electron chi connectivity index (χ4n) is 3.01. The number of amides is 1. The van der Waals surface area contributed by atoms with Crippen LogP contribution < -0.4 is 16.0 Å². The lowest BCUT2D eigenvalue weighted by molar-refractivity contribution is -0.119. The van der Waals surface area contributed by atoms with Gasteiger partial charge in [-0.1, -0.05) is 43.7 Å². The van der Waals surface area contributed by atoms with E-state index in [9.17, 15) is 4.79 Å². The first kappa shape index (κ1) is 26.4. The summed E-state index contributed by atoms with van der Waals surface area (Å²) in [6, 6.07) is 15.9. The van der Waals surface area contributed by atoms with Crippen molar-refractivity contribution >= 4 is 41.5 Å². The zero-order chi connectivity index (χ0) is 22.9. The maximum absolute atomic E-state index is 12.1. The third-order valence-electron chi connectivity index (χ3n) is 5.23. The molecule has 0 bridgehead atoms. The number of benzene rings is 2. The zero-order valence-electron chi connectivity index (χ0n) is 19.5. The molecule has 176 valence electrons. The number of nitrogens with one attached hydrogen (secondary N) is 3. The van der Waals surface area contributed by atoms with Crippen LogP contribution in [-0.2, 0) is 17.9 Å². The van der Waals surface area contributed by atoms with Crippen molar-refractivity contribution in [2.24, 2.45) is 10.9 Å². The molecule has 0 aliphatic carbocycles. The van der Waals surface area contributed by atoms with Gasteiger partial charge >= 0.3 is 0 Å². The molecule has 0 fully saturated rings. The summed E-state index contributed by atoms with van der Waals surface area (Å²) < 4.78 is 5.61. The van der Waals surface area contributed by atoms with Crippen molar-refractivity contribution in [1.82, 2.24) is 15.6 Å². The molecule has 33 heavy (non-hydrogen) atoms. The van der Waals surface area contributed by atoms with E-state index < -0.39 is 0 Å². The molecule has 1 atom stereocenters. The van der Waals surface area contributed by atoms with Crippen LogP contribution >= 0.6 is 24.0 Å². The van der Waals surface area contributed by atoms with Crippen molar-refractivity contribution in [2.45, 2.75) is 40.3 Å². The lowest BCUT2D eigenvalue weighted by Crippen LogP contribution is -2.36. The predicted octanol–water partition coefficient (Wildman–Crippen LogP) is 5.12. The molecule has 1 heterocycles. The lowest BCUT2D eigenvalue weighted by Gasteiger charge is -2.13. The Kier molecular flexibility index (Phi) is 10.4. The fraction of sp³-hybridized carbons (Fsp3) is 0.320. The maximum atomic E-state index is 12.1. The number of oxazole rings is 1. The third kappa shape index (κ3) is 7.88. The minimum Gasteiger partial charge on any atom is -0.444 e. The van der Waals surface area contributed by atoms with Crippen LogP contribution in [0.3, 0.4) is 0 Å². The molecule has 7 nitrogen and oxygen atoms in total. The van der Waals surface area contributed by atoms with Crippen molar-refractivity contribution in [1.29, 1.82) is 0 Å². The first-order valence-corrected chi connectivity index (χ1v) is 10.8. The summed E-state index contributed by atoms with van der Waals surface area (Å²) in [5.41, 5.74) is 4.77. The van der Waals surface area contributed by atoms with E-state index in [1.54, 1.807) is 13.3 Å². The van der Waals surface area contributed by atoms with Crippen molar-refractivity contribution in [2.75, 3.05) is 12.4 Å². The van der Waals surface area contributed by atoms with E-state index in [0.717, 1.165) is 28.9 Å². The molecule has 3 aromatic rings. The van der Waals surface area contributed by atoms with Gasteiger partial charge in [-0.25, -0.2) is 4.98 Å². The number of anilines is 1. The van der Waals surface area contributed by atoms with Gasteiger partial charge in [-0.2, -0.15) is 0 Å². The Labute approximate surface area is 212 Å². The topological polar surface area (TPSA) is 91.5 Å². The second kappa shape index (κ2) is 13.0. The van der Waals surface area contributed by atoms with Crippen LogP contribution in [0, 0.1) is 12.8 Å². The fourth-order valence-corrected chi connectivity index (χ4v) is 3.01. The molecular weight excluding hydrogens is 529 g/mol. The van der Waals surface area contributed by atoms with Gasteiger partial charge in [-0.15, -0.1) is 24.0 Å². The van der Waals surface area contributed by atoms with Crippen LogP contribution in [0.15, 0.2) is 64.2 Å². The Morgan fingerprint density at radius 2 is 1.85 bits per heavy atom. The number of aromatic nitrogens is 1. The third-order valence-corrected chi connectivity index (χ3v) is 5.23. The molecule has 8 heteroatoms. The number of carbonyl (C=O) groups is 1. The average Bonchev–Trinajstić information content (AvgIpc) is 3.28. The molecule has 1 amide bonds. The van der Waals surface area contributed by atoms with Gasteiger partial charge < -0.3 is 20.4 Å². The molecule has 0 aliphatic heterocycles. The predicted molar refractivity (Wildman–Crippen MR) is 144 cm³/mol. The van der Waals surface area contributed by atoms with Crippen molar-refractivity contribution in [3.05, 3.63) is 71.6 Å². The van der Waals surface area contributed by atoms with E-state index in [1.165, 1.54) is 5.56 Å². The molecule has 1 aromatic heterocycles. The number of guanidine groups is 1. The van der Waals surface area contributed by atoms with E-state index in [1.807, 2.05) is 69.3 Å². The number of aryl methyl sites for hydroxylation is 1. The summed E-state index contributed by atoms with van der Waals surface area (Å²) >= 11 is 0. The lowest BCUT2D eigenvalue weighted by atomic mass is 10.1. The van der Waals surface area contributed by atoms with Crippen LogP contribution in [0.4, 0.5) is 5.69 Å². The summed E-state index contributed by atoms with van der Waals surface area (Å²) in [6.07, 6.45) is 2.46.